The Morgan fingerprint density at radius 3 is 2.19 bits per heavy atom. The smallest absolute Gasteiger partial charge is 1.00 e. The van der Waals surface area contributed by atoms with Crippen LogP contribution in [0.25, 0.3) is 12.2 Å². The van der Waals surface area contributed by atoms with Crippen LogP contribution in [0.3, 0.4) is 0 Å². The van der Waals surface area contributed by atoms with Gasteiger partial charge in [-0.15, -0.1) is 0 Å². The Balaban J connectivity index is 0.00000133. The molecule has 3 aliphatic rings. The number of benzene rings is 4. The number of allylic oxidation sites excluding steroid dienone is 2. The van der Waals surface area contributed by atoms with Crippen LogP contribution < -0.4 is 24.8 Å². The maximum absolute atomic E-state index is 3.80. The van der Waals surface area contributed by atoms with Crippen LogP contribution in [0.2, 0.25) is 0 Å². The summed E-state index contributed by atoms with van der Waals surface area (Å²) in [5, 5.41) is 0. The van der Waals surface area contributed by atoms with Crippen molar-refractivity contribution >= 4 is 55.8 Å². The van der Waals surface area contributed by atoms with E-state index in [-0.39, 0.29) is 24.8 Å². The summed E-state index contributed by atoms with van der Waals surface area (Å²) in [4.78, 5) is 2.71. The number of rotatable bonds is 3. The van der Waals surface area contributed by atoms with E-state index in [1.165, 1.54) is 47.6 Å². The number of hydrogen-bond donors (Lipinski definition) is 0. The van der Waals surface area contributed by atoms with Gasteiger partial charge in [-0.1, -0.05) is 0 Å². The monoisotopic (exact) mass is 728 g/mol. The molecule has 0 aromatic heterocycles. The molecule has 1 aliphatic heterocycles. The SMILES string of the molecule is Brc1ccc2c(c1)C(c1ccccc1)[C]([Zr+2][C]1=Cc3c4cc(Br)cc3C1c1cccc(c1)S4)=C2.[Cl-].[Cl-]. The Bertz CT molecular complexity index is 1550. The van der Waals surface area contributed by atoms with Gasteiger partial charge >= 0.3 is 234 Å². The number of fused-ring (bicyclic) bond motifs is 4. The van der Waals surface area contributed by atoms with Crippen molar-refractivity contribution in [1.82, 2.24) is 0 Å². The third-order valence-electron chi connectivity index (χ3n) is 6.88. The van der Waals surface area contributed by atoms with Crippen molar-refractivity contribution in [3.8, 4) is 0 Å². The van der Waals surface area contributed by atoms with Crippen LogP contribution >= 0.6 is 43.6 Å². The average Bonchev–Trinajstić information content (AvgIpc) is 3.37. The minimum Gasteiger partial charge on any atom is -1.00 e. The Hall–Kier alpha value is -0.867. The molecule has 6 bridgehead atoms. The van der Waals surface area contributed by atoms with E-state index in [0.29, 0.717) is 11.8 Å². The summed E-state index contributed by atoms with van der Waals surface area (Å²) in [6.07, 6.45) is 5.06. The Morgan fingerprint density at radius 2 is 1.36 bits per heavy atom. The molecule has 2 atom stereocenters. The molecule has 1 heterocycles. The van der Waals surface area contributed by atoms with Gasteiger partial charge in [-0.2, -0.15) is 0 Å². The van der Waals surface area contributed by atoms with E-state index < -0.39 is 23.2 Å². The third kappa shape index (κ3) is 4.61. The maximum Gasteiger partial charge on any atom is -1.00 e. The molecule has 176 valence electrons. The van der Waals surface area contributed by atoms with Gasteiger partial charge in [-0.3, -0.25) is 0 Å². The van der Waals surface area contributed by atoms with Crippen LogP contribution in [0.5, 0.6) is 0 Å². The standard InChI is InChI=1S/C15H8BrS.C15H10Br.2ClH.Zr/c16-10-7-14-12-4-5-13(14)15(8-10)17-11-3-1-2-9(12)6-11;16-13-8-6-12-7-9-14(15(12)10-13)11-4-2-1-3-5-11;;;/h1-3,5-8,12H;1-8,10,14H;2*1H;/q;;;;+2/p-2. The van der Waals surface area contributed by atoms with Crippen molar-refractivity contribution in [2.75, 3.05) is 0 Å². The second kappa shape index (κ2) is 10.7. The topological polar surface area (TPSA) is 0 Å². The molecule has 0 fully saturated rings. The van der Waals surface area contributed by atoms with Crippen molar-refractivity contribution in [3.63, 3.8) is 0 Å². The molecule has 0 radical (unpaired) electrons. The largest absolute Gasteiger partial charge is 1.00 e. The molecular formula is C30H18Br2Cl2SZr. The Morgan fingerprint density at radius 1 is 0.639 bits per heavy atom. The van der Waals surface area contributed by atoms with E-state index in [4.69, 9.17) is 0 Å². The minimum atomic E-state index is -1.05. The molecule has 6 heteroatoms. The van der Waals surface area contributed by atoms with Crippen LogP contribution in [-0.4, -0.2) is 0 Å². The molecule has 36 heavy (non-hydrogen) atoms. The van der Waals surface area contributed by atoms with Crippen LogP contribution in [0.1, 0.15) is 45.2 Å². The van der Waals surface area contributed by atoms with Gasteiger partial charge in [0.05, 0.1) is 0 Å². The first-order valence-electron chi connectivity index (χ1n) is 11.3. The molecule has 0 saturated heterocycles. The summed E-state index contributed by atoms with van der Waals surface area (Å²) >= 11 is 8.36. The van der Waals surface area contributed by atoms with E-state index in [1.54, 1.807) is 6.56 Å². The predicted octanol–water partition coefficient (Wildman–Crippen LogP) is 3.44. The van der Waals surface area contributed by atoms with E-state index in [9.17, 15) is 0 Å². The van der Waals surface area contributed by atoms with Crippen molar-refractivity contribution in [1.29, 1.82) is 0 Å². The molecule has 7 rings (SSSR count). The van der Waals surface area contributed by atoms with Gasteiger partial charge in [-0.05, 0) is 0 Å². The average molecular weight is 732 g/mol. The first-order valence-corrected chi connectivity index (χ1v) is 16.2. The summed E-state index contributed by atoms with van der Waals surface area (Å²) in [6.45, 7) is 0. The van der Waals surface area contributed by atoms with Crippen molar-refractivity contribution in [2.24, 2.45) is 0 Å². The fourth-order valence-corrected chi connectivity index (χ4v) is 11.8. The van der Waals surface area contributed by atoms with Gasteiger partial charge in [0.2, 0.25) is 0 Å². The zero-order valence-electron chi connectivity index (χ0n) is 18.8. The summed E-state index contributed by atoms with van der Waals surface area (Å²) in [5.74, 6) is 0.745. The van der Waals surface area contributed by atoms with Gasteiger partial charge in [0, 0.05) is 0 Å². The van der Waals surface area contributed by atoms with Crippen LogP contribution in [-0.2, 0) is 23.2 Å². The first kappa shape index (κ1) is 26.7. The molecule has 4 aromatic rings. The van der Waals surface area contributed by atoms with Gasteiger partial charge in [0.15, 0.2) is 0 Å². The molecule has 0 nitrogen and oxygen atoms in total. The molecule has 0 N–H and O–H groups in total. The molecule has 0 amide bonds. The van der Waals surface area contributed by atoms with Crippen molar-refractivity contribution in [3.05, 3.63) is 134 Å². The normalized spacial score (nSPS) is 17.9. The fraction of sp³-hybridized carbons (Fsp3) is 0.0667. The predicted molar refractivity (Wildman–Crippen MR) is 145 cm³/mol. The Kier molecular flexibility index (Phi) is 7.96. The quantitative estimate of drug-likeness (QED) is 0.312. The van der Waals surface area contributed by atoms with E-state index in [0.717, 1.165) is 4.47 Å². The fourth-order valence-electron chi connectivity index (χ4n) is 5.47. The van der Waals surface area contributed by atoms with Crippen molar-refractivity contribution < 1.29 is 48.0 Å². The second-order valence-electron chi connectivity index (χ2n) is 8.96. The van der Waals surface area contributed by atoms with E-state index in [2.05, 4.69) is 129 Å². The first-order chi connectivity index (χ1) is 16.6. The zero-order valence-corrected chi connectivity index (χ0v) is 26.8. The summed E-state index contributed by atoms with van der Waals surface area (Å²) in [6, 6.07) is 31.7. The van der Waals surface area contributed by atoms with Gasteiger partial charge in [0.25, 0.3) is 0 Å². The van der Waals surface area contributed by atoms with Gasteiger partial charge in [0.1, 0.15) is 0 Å². The van der Waals surface area contributed by atoms with Gasteiger partial charge in [-0.25, -0.2) is 0 Å². The summed E-state index contributed by atoms with van der Waals surface area (Å²) < 4.78 is 5.66. The minimum absolute atomic E-state index is 0. The van der Waals surface area contributed by atoms with E-state index in [1.807, 2.05) is 11.8 Å². The summed E-state index contributed by atoms with van der Waals surface area (Å²) in [7, 11) is 0. The molecule has 2 aliphatic carbocycles. The van der Waals surface area contributed by atoms with Crippen LogP contribution in [0.4, 0.5) is 0 Å². The van der Waals surface area contributed by atoms with Crippen molar-refractivity contribution in [2.45, 2.75) is 21.6 Å². The third-order valence-corrected chi connectivity index (χ3v) is 12.4. The summed E-state index contributed by atoms with van der Waals surface area (Å²) in [5.41, 5.74) is 8.58. The van der Waals surface area contributed by atoms with Crippen LogP contribution in [0.15, 0.2) is 110 Å². The molecule has 2 unspecified atom stereocenters. The molecule has 0 spiro atoms. The molecule has 4 aromatic carbocycles. The molecule has 0 saturated carbocycles. The van der Waals surface area contributed by atoms with Gasteiger partial charge < -0.3 is 24.8 Å². The van der Waals surface area contributed by atoms with Crippen LogP contribution in [0, 0.1) is 0 Å². The Labute approximate surface area is 256 Å². The number of halogens is 4. The second-order valence-corrected chi connectivity index (χ2v) is 15.4. The molecular weight excluding hydrogens is 714 g/mol. The number of hydrogen-bond acceptors (Lipinski definition) is 1. The maximum atomic E-state index is 3.80. The zero-order chi connectivity index (χ0) is 22.8. The van der Waals surface area contributed by atoms with E-state index >= 15 is 0 Å².